The second-order valence-electron chi connectivity index (χ2n) is 0.476. The van der Waals surface area contributed by atoms with Crippen LogP contribution in [0.15, 0.2) is 0 Å². The maximum atomic E-state index is 9.23. The Morgan fingerprint density at radius 2 is 2.00 bits per heavy atom. The van der Waals surface area contributed by atoms with Gasteiger partial charge in [0.15, 0.2) is 0 Å². The monoisotopic (exact) mass is 286 g/mol. The van der Waals surface area contributed by atoms with E-state index in [1.54, 1.807) is 0 Å². The Hall–Kier alpha value is 0.152. The van der Waals surface area contributed by atoms with E-state index in [-0.39, 0.29) is 27.3 Å². The molecule has 0 atom stereocenters. The number of carbonyl (C=O) groups is 1. The van der Waals surface area contributed by atoms with Crippen molar-refractivity contribution in [3.8, 4) is 0 Å². The Balaban J connectivity index is 0. The van der Waals surface area contributed by atoms with Crippen LogP contribution in [-0.2, 0) is 0 Å². The van der Waals surface area contributed by atoms with Crippen molar-refractivity contribution >= 4 is 33.3 Å². The maximum absolute atomic E-state index is 9.23. The molecule has 0 aliphatic heterocycles. The summed E-state index contributed by atoms with van der Waals surface area (Å²) in [6.07, 6.45) is 0. The van der Waals surface area contributed by atoms with Gasteiger partial charge >= 0.3 is 33.3 Å². The Kier molecular flexibility index (Phi) is 8.13. The molecule has 2 amide bonds. The molecule has 0 spiro atoms. The van der Waals surface area contributed by atoms with Crippen LogP contribution in [0.25, 0.3) is 0 Å². The van der Waals surface area contributed by atoms with Gasteiger partial charge in [0.05, 0.1) is 0 Å². The first-order valence-electron chi connectivity index (χ1n) is 0.966. The molecule has 0 aliphatic carbocycles. The van der Waals surface area contributed by atoms with E-state index in [0.29, 0.717) is 0 Å². The molecule has 36 valence electrons. The first-order valence-corrected chi connectivity index (χ1v) is 0.966. The third-order valence-corrected chi connectivity index (χ3v) is 0.110. The summed E-state index contributed by atoms with van der Waals surface area (Å²) in [5, 5.41) is 7.42. The number of hydroxylamine groups is 1. The molecule has 6 heavy (non-hydrogen) atoms. The molecular formula is CH6N2O2Pb. The zero-order chi connectivity index (χ0) is 4.28. The molecule has 0 fully saturated rings. The Morgan fingerprint density at radius 3 is 2.00 bits per heavy atom. The number of carbonyl (C=O) groups excluding carboxylic acids is 1. The fourth-order valence-corrected chi connectivity index (χ4v) is 0. The average Bonchev–Trinajstić information content (AvgIpc) is 1.38. The van der Waals surface area contributed by atoms with Crippen molar-refractivity contribution < 1.29 is 10.0 Å². The summed E-state index contributed by atoms with van der Waals surface area (Å²) >= 11 is 0. The normalized spacial score (nSPS) is 5.50. The van der Waals surface area contributed by atoms with Crippen LogP contribution in [0.2, 0.25) is 0 Å². The van der Waals surface area contributed by atoms with Crippen LogP contribution in [0.5, 0.6) is 0 Å². The summed E-state index contributed by atoms with van der Waals surface area (Å²) < 4.78 is 0. The molecule has 0 aromatic rings. The first kappa shape index (κ1) is 9.47. The van der Waals surface area contributed by atoms with Crippen LogP contribution < -0.4 is 11.2 Å². The van der Waals surface area contributed by atoms with E-state index < -0.39 is 6.03 Å². The zero-order valence-electron chi connectivity index (χ0n) is 3.14. The number of nitrogens with two attached hydrogens (primary N) is 1. The van der Waals surface area contributed by atoms with Gasteiger partial charge in [-0.2, -0.15) is 0 Å². The van der Waals surface area contributed by atoms with Gasteiger partial charge in [-0.1, -0.05) is 0 Å². The molecule has 0 aliphatic rings. The number of nitrogens with one attached hydrogen (secondary N) is 1. The number of urea groups is 1. The molecular weight excluding hydrogens is 279 g/mol. The third-order valence-electron chi connectivity index (χ3n) is 0.110. The Bertz CT molecular complexity index is 46.8. The fourth-order valence-electron chi connectivity index (χ4n) is 0. The molecule has 0 saturated carbocycles. The van der Waals surface area contributed by atoms with Crippen LogP contribution >= 0.6 is 0 Å². The Labute approximate surface area is 54.8 Å². The molecule has 2 radical (unpaired) electrons. The van der Waals surface area contributed by atoms with E-state index in [9.17, 15) is 4.79 Å². The van der Waals surface area contributed by atoms with Gasteiger partial charge in [0.2, 0.25) is 0 Å². The van der Waals surface area contributed by atoms with E-state index in [1.807, 2.05) is 0 Å². The van der Waals surface area contributed by atoms with Gasteiger partial charge in [-0.05, 0) is 0 Å². The van der Waals surface area contributed by atoms with E-state index in [1.165, 1.54) is 5.48 Å². The van der Waals surface area contributed by atoms with Crippen molar-refractivity contribution in [2.24, 2.45) is 5.73 Å². The van der Waals surface area contributed by atoms with E-state index in [2.05, 4.69) is 5.73 Å². The second kappa shape index (κ2) is 5.15. The van der Waals surface area contributed by atoms with Gasteiger partial charge in [0, 0.05) is 0 Å². The van der Waals surface area contributed by atoms with E-state index in [0.717, 1.165) is 0 Å². The van der Waals surface area contributed by atoms with Crippen molar-refractivity contribution in [3.63, 3.8) is 0 Å². The van der Waals surface area contributed by atoms with Crippen molar-refractivity contribution in [1.29, 1.82) is 0 Å². The second-order valence-corrected chi connectivity index (χ2v) is 0.476. The van der Waals surface area contributed by atoms with Gasteiger partial charge < -0.3 is 5.73 Å². The molecule has 0 aromatic carbocycles. The predicted molar refractivity (Wildman–Crippen MR) is 23.0 cm³/mol. The summed E-state index contributed by atoms with van der Waals surface area (Å²) in [6, 6.07) is -0.940. The summed E-state index contributed by atoms with van der Waals surface area (Å²) in [5.41, 5.74) is 5.46. The molecule has 0 unspecified atom stereocenters. The quantitative estimate of drug-likeness (QED) is 0.277. The molecule has 0 heterocycles. The molecule has 5 heteroatoms. The van der Waals surface area contributed by atoms with Gasteiger partial charge in [-0.15, -0.1) is 0 Å². The topological polar surface area (TPSA) is 75.4 Å². The van der Waals surface area contributed by atoms with Crippen LogP contribution in [0.3, 0.4) is 0 Å². The summed E-state index contributed by atoms with van der Waals surface area (Å²) in [7, 11) is 0. The van der Waals surface area contributed by atoms with Crippen molar-refractivity contribution in [2.75, 3.05) is 0 Å². The minimum absolute atomic E-state index is 0. The molecule has 0 aromatic heterocycles. The van der Waals surface area contributed by atoms with Gasteiger partial charge in [0.1, 0.15) is 0 Å². The fraction of sp³-hybridized carbons (Fsp3) is 0. The van der Waals surface area contributed by atoms with Crippen molar-refractivity contribution in [2.45, 2.75) is 0 Å². The van der Waals surface area contributed by atoms with Crippen molar-refractivity contribution in [1.82, 2.24) is 5.48 Å². The SMILES string of the molecule is NC(=O)NO.[PbH2]. The zero-order valence-corrected chi connectivity index (χ0v) is 8.64. The number of rotatable bonds is 0. The number of hydrogen-bond acceptors (Lipinski definition) is 2. The van der Waals surface area contributed by atoms with Crippen LogP contribution in [0.4, 0.5) is 4.79 Å². The van der Waals surface area contributed by atoms with Gasteiger partial charge in [-0.3, -0.25) is 5.21 Å². The van der Waals surface area contributed by atoms with Crippen LogP contribution in [-0.4, -0.2) is 38.5 Å². The van der Waals surface area contributed by atoms with E-state index in [4.69, 9.17) is 5.21 Å². The molecule has 0 rings (SSSR count). The van der Waals surface area contributed by atoms with Crippen molar-refractivity contribution in [3.05, 3.63) is 0 Å². The molecule has 4 N–H and O–H groups in total. The first-order chi connectivity index (χ1) is 2.27. The van der Waals surface area contributed by atoms with Crippen LogP contribution in [0.1, 0.15) is 0 Å². The number of hydrogen-bond donors (Lipinski definition) is 3. The van der Waals surface area contributed by atoms with E-state index >= 15 is 0 Å². The average molecular weight is 285 g/mol. The predicted octanol–water partition coefficient (Wildman–Crippen LogP) is -1.87. The third kappa shape index (κ3) is 8.91. The molecule has 4 nitrogen and oxygen atoms in total. The number of amides is 2. The molecule has 0 saturated heterocycles. The number of primary amides is 1. The standard InChI is InChI=1S/CH4N2O2.Pb.2H/c2-1(4)3-5;;;/h5H,(H3,2,3,4);;;. The molecule has 0 bridgehead atoms. The van der Waals surface area contributed by atoms with Crippen LogP contribution in [0, 0.1) is 0 Å². The summed E-state index contributed by atoms with van der Waals surface area (Å²) in [6.45, 7) is 0. The minimum atomic E-state index is -0.940. The summed E-state index contributed by atoms with van der Waals surface area (Å²) in [4.78, 5) is 9.23. The summed E-state index contributed by atoms with van der Waals surface area (Å²) in [5.74, 6) is 0. The Morgan fingerprint density at radius 1 is 1.83 bits per heavy atom. The van der Waals surface area contributed by atoms with Gasteiger partial charge in [-0.25, -0.2) is 10.3 Å². The van der Waals surface area contributed by atoms with Gasteiger partial charge in [0.25, 0.3) is 0 Å².